The molecule has 1 aromatic heterocycles. The van der Waals surface area contributed by atoms with E-state index in [2.05, 4.69) is 57.5 Å². The van der Waals surface area contributed by atoms with Crippen LogP contribution in [0.5, 0.6) is 0 Å². The zero-order chi connectivity index (χ0) is 26.8. The lowest BCUT2D eigenvalue weighted by molar-refractivity contribution is -0.157. The van der Waals surface area contributed by atoms with Crippen molar-refractivity contribution in [1.29, 1.82) is 0 Å². The highest BCUT2D eigenvalue weighted by molar-refractivity contribution is 5.97. The Labute approximate surface area is 219 Å². The van der Waals surface area contributed by atoms with Crippen molar-refractivity contribution in [2.75, 3.05) is 0 Å². The first kappa shape index (κ1) is 24.7. The van der Waals surface area contributed by atoms with Gasteiger partial charge in [0.25, 0.3) is 0 Å². The van der Waals surface area contributed by atoms with Gasteiger partial charge in [0, 0.05) is 38.4 Å². The lowest BCUT2D eigenvalue weighted by Gasteiger charge is -2.62. The second-order valence-electron chi connectivity index (χ2n) is 13.4. The Morgan fingerprint density at radius 1 is 1.22 bits per heavy atom. The predicted molar refractivity (Wildman–Crippen MR) is 145 cm³/mol. The van der Waals surface area contributed by atoms with Gasteiger partial charge in [-0.1, -0.05) is 39.8 Å². The minimum atomic E-state index is -1.31. The summed E-state index contributed by atoms with van der Waals surface area (Å²) in [7, 11) is 0. The van der Waals surface area contributed by atoms with Gasteiger partial charge < -0.3 is 19.9 Å². The first-order valence-corrected chi connectivity index (χ1v) is 13.5. The molecule has 5 atom stereocenters. The van der Waals surface area contributed by atoms with Gasteiger partial charge in [-0.05, 0) is 80.9 Å². The maximum absolute atomic E-state index is 13.1. The summed E-state index contributed by atoms with van der Waals surface area (Å²) in [6.45, 7) is 16.1. The number of rotatable bonds is 3. The molecule has 1 aliphatic heterocycles. The summed E-state index contributed by atoms with van der Waals surface area (Å²) in [6.07, 6.45) is 7.64. The largest absolute Gasteiger partial charge is 0.479 e. The molecule has 196 valence electrons. The van der Waals surface area contributed by atoms with E-state index < -0.39 is 22.7 Å². The van der Waals surface area contributed by atoms with E-state index in [-0.39, 0.29) is 16.6 Å². The number of hydrogen-bond acceptors (Lipinski definition) is 4. The number of ether oxygens (including phenoxy) is 1. The Kier molecular flexibility index (Phi) is 4.85. The van der Waals surface area contributed by atoms with Crippen LogP contribution in [-0.4, -0.2) is 38.3 Å². The minimum Gasteiger partial charge on any atom is -0.479 e. The zero-order valence-corrected chi connectivity index (χ0v) is 22.9. The minimum absolute atomic E-state index is 0.120. The number of allylic oxidation sites excluding steroid dienone is 2. The Balaban J connectivity index is 1.49. The number of fused-ring (bicyclic) bond motifs is 9. The molecule has 0 amide bonds. The number of nitrogens with one attached hydrogen (secondary N) is 1. The number of aromatic nitrogens is 1. The van der Waals surface area contributed by atoms with Gasteiger partial charge in [-0.3, -0.25) is 4.79 Å². The van der Waals surface area contributed by atoms with Crippen LogP contribution in [0.25, 0.3) is 10.9 Å². The van der Waals surface area contributed by atoms with Gasteiger partial charge >= 0.3 is 0 Å². The van der Waals surface area contributed by atoms with E-state index in [1.807, 2.05) is 12.2 Å². The maximum Gasteiger partial charge on any atom is 0.199 e. The summed E-state index contributed by atoms with van der Waals surface area (Å²) in [5.74, 6) is 0.638. The summed E-state index contributed by atoms with van der Waals surface area (Å²) in [6, 6.07) is 6.67. The Bertz CT molecular complexity index is 1420. The molecule has 6 rings (SSSR count). The van der Waals surface area contributed by atoms with E-state index in [4.69, 9.17) is 4.74 Å². The average Bonchev–Trinajstić information content (AvgIpc) is 3.34. The molecule has 5 nitrogen and oxygen atoms in total. The predicted octanol–water partition coefficient (Wildman–Crippen LogP) is 5.55. The number of carbonyl (C=O) groups is 1. The monoisotopic (exact) mass is 501 g/mol. The summed E-state index contributed by atoms with van der Waals surface area (Å²) < 4.78 is 6.06. The number of benzene rings is 1. The number of aromatic amines is 1. The van der Waals surface area contributed by atoms with Crippen LogP contribution in [0.4, 0.5) is 0 Å². The van der Waals surface area contributed by atoms with E-state index in [9.17, 15) is 15.0 Å². The molecule has 37 heavy (non-hydrogen) atoms. The van der Waals surface area contributed by atoms with Gasteiger partial charge in [0.05, 0.1) is 5.60 Å². The van der Waals surface area contributed by atoms with Gasteiger partial charge in [-0.2, -0.15) is 0 Å². The third kappa shape index (κ3) is 2.96. The molecule has 0 spiro atoms. The van der Waals surface area contributed by atoms with Gasteiger partial charge in [0.15, 0.2) is 11.9 Å². The SMILES string of the molecule is C=CC(C)(C)c1ccc2[nH]c3c(c2c1)CC1CCC2(O)C4=CC(=O)C(C(C)(C)O)OC4=CCC2(C)C31C. The second-order valence-corrected chi connectivity index (χ2v) is 13.4. The van der Waals surface area contributed by atoms with Crippen LogP contribution in [0, 0.1) is 11.3 Å². The van der Waals surface area contributed by atoms with Crippen molar-refractivity contribution in [3.05, 3.63) is 71.2 Å². The van der Waals surface area contributed by atoms with E-state index >= 15 is 0 Å². The van der Waals surface area contributed by atoms with Crippen LogP contribution in [0.1, 0.15) is 77.6 Å². The Morgan fingerprint density at radius 2 is 1.95 bits per heavy atom. The fourth-order valence-electron chi connectivity index (χ4n) is 7.90. The molecule has 4 aliphatic rings. The molecule has 2 aromatic rings. The molecule has 0 bridgehead atoms. The summed E-state index contributed by atoms with van der Waals surface area (Å²) in [4.78, 5) is 16.9. The quantitative estimate of drug-likeness (QED) is 0.482. The van der Waals surface area contributed by atoms with Crippen molar-refractivity contribution < 1.29 is 19.7 Å². The standard InChI is InChI=1S/C32H39NO4/c1-8-28(2,3)18-9-10-23-20(15-18)21-16-19-11-14-32(36)22-17-24(34)27(29(4,5)35)37-25(22)12-13-30(32,6)31(19,7)26(21)33-23/h8-10,12,15,17,19,27,33,35-36H,1,11,13-14,16H2,2-7H3. The van der Waals surface area contributed by atoms with Crippen molar-refractivity contribution in [1.82, 2.24) is 4.98 Å². The fraction of sp³-hybridized carbons (Fsp3) is 0.531. The molecule has 3 N–H and O–H groups in total. The van der Waals surface area contributed by atoms with Gasteiger partial charge in [0.1, 0.15) is 11.4 Å². The third-order valence-corrected chi connectivity index (χ3v) is 10.7. The second kappa shape index (κ2) is 7.27. The lowest BCUT2D eigenvalue weighted by atomic mass is 9.44. The maximum atomic E-state index is 13.1. The molecular formula is C32H39NO4. The van der Waals surface area contributed by atoms with Crippen molar-refractivity contribution in [3.8, 4) is 0 Å². The number of carbonyl (C=O) groups excluding carboxylic acids is 1. The molecule has 5 unspecified atom stereocenters. The van der Waals surface area contributed by atoms with Crippen molar-refractivity contribution in [2.24, 2.45) is 11.3 Å². The number of hydrogen-bond donors (Lipinski definition) is 3. The molecule has 3 aliphatic carbocycles. The first-order valence-electron chi connectivity index (χ1n) is 13.5. The highest BCUT2D eigenvalue weighted by atomic mass is 16.5. The Morgan fingerprint density at radius 3 is 2.62 bits per heavy atom. The van der Waals surface area contributed by atoms with Crippen LogP contribution in [0.2, 0.25) is 0 Å². The fourth-order valence-corrected chi connectivity index (χ4v) is 7.90. The summed E-state index contributed by atoms with van der Waals surface area (Å²) in [5, 5.41) is 24.3. The van der Waals surface area contributed by atoms with Gasteiger partial charge in [0.2, 0.25) is 0 Å². The van der Waals surface area contributed by atoms with Crippen LogP contribution in [0.15, 0.2) is 54.3 Å². The van der Waals surface area contributed by atoms with Crippen LogP contribution < -0.4 is 0 Å². The number of H-pyrrole nitrogens is 1. The van der Waals surface area contributed by atoms with Crippen molar-refractivity contribution in [3.63, 3.8) is 0 Å². The van der Waals surface area contributed by atoms with E-state index in [1.165, 1.54) is 22.2 Å². The molecule has 1 saturated carbocycles. The van der Waals surface area contributed by atoms with Crippen molar-refractivity contribution >= 4 is 16.7 Å². The smallest absolute Gasteiger partial charge is 0.199 e. The average molecular weight is 502 g/mol. The van der Waals surface area contributed by atoms with Gasteiger partial charge in [-0.15, -0.1) is 6.58 Å². The highest BCUT2D eigenvalue weighted by Crippen LogP contribution is 2.69. The highest BCUT2D eigenvalue weighted by Gasteiger charge is 2.69. The molecular weight excluding hydrogens is 462 g/mol. The lowest BCUT2D eigenvalue weighted by Crippen LogP contribution is -2.65. The molecule has 2 heterocycles. The van der Waals surface area contributed by atoms with E-state index in [0.29, 0.717) is 30.1 Å². The third-order valence-electron chi connectivity index (χ3n) is 10.7. The van der Waals surface area contributed by atoms with E-state index in [0.717, 1.165) is 18.4 Å². The summed E-state index contributed by atoms with van der Waals surface area (Å²) in [5.41, 5.74) is 2.02. The molecule has 0 radical (unpaired) electrons. The number of aliphatic hydroxyl groups is 2. The van der Waals surface area contributed by atoms with Gasteiger partial charge in [-0.25, -0.2) is 0 Å². The normalized spacial score (nSPS) is 35.1. The van der Waals surface area contributed by atoms with E-state index in [1.54, 1.807) is 19.9 Å². The van der Waals surface area contributed by atoms with Crippen LogP contribution in [0.3, 0.4) is 0 Å². The topological polar surface area (TPSA) is 82.5 Å². The molecule has 5 heteroatoms. The first-order chi connectivity index (χ1) is 17.2. The van der Waals surface area contributed by atoms with Crippen molar-refractivity contribution in [2.45, 2.75) is 95.4 Å². The Hall–Kier alpha value is -2.63. The molecule has 1 aromatic carbocycles. The summed E-state index contributed by atoms with van der Waals surface area (Å²) >= 11 is 0. The molecule has 1 fully saturated rings. The van der Waals surface area contributed by atoms with Crippen LogP contribution >= 0.6 is 0 Å². The zero-order valence-electron chi connectivity index (χ0n) is 22.9. The molecule has 0 saturated heterocycles. The van der Waals surface area contributed by atoms with Crippen LogP contribution in [-0.2, 0) is 26.8 Å². The number of ketones is 1.